The van der Waals surface area contributed by atoms with Crippen LogP contribution in [0.4, 0.5) is 20.3 Å². The minimum atomic E-state index is -3.79. The zero-order chi connectivity index (χ0) is 18.7. The first-order chi connectivity index (χ1) is 12.3. The van der Waals surface area contributed by atoms with Gasteiger partial charge in [0.2, 0.25) is 0 Å². The lowest BCUT2D eigenvalue weighted by Crippen LogP contribution is -2.22. The van der Waals surface area contributed by atoms with Crippen LogP contribution in [0.15, 0.2) is 42.6 Å². The van der Waals surface area contributed by atoms with Crippen LogP contribution >= 0.6 is 11.6 Å². The van der Waals surface area contributed by atoms with Crippen molar-refractivity contribution in [1.82, 2.24) is 4.98 Å². The Morgan fingerprint density at radius 3 is 2.58 bits per heavy atom. The number of hydrogen-bond acceptors (Lipinski definition) is 5. The molecular formula is C17H16ClF2N3O3. The maximum Gasteiger partial charge on any atom is 0.487 e. The Hall–Kier alpha value is -2.45. The number of hydrogen-bond donors (Lipinski definition) is 2. The number of ether oxygens (including phenoxy) is 1. The molecule has 138 valence electrons. The van der Waals surface area contributed by atoms with Gasteiger partial charge in [0.25, 0.3) is 5.91 Å². The highest BCUT2D eigenvalue weighted by molar-refractivity contribution is 6.20. The SMILES string of the molecule is O=C(Nc1ccc(OC(F)(F)Cl)cc1)c1ccc(N2CCC(O)C2)nc1. The quantitative estimate of drug-likeness (QED) is 0.776. The summed E-state index contributed by atoms with van der Waals surface area (Å²) in [4.78, 5) is 18.4. The maximum absolute atomic E-state index is 12.6. The molecule has 1 amide bonds. The first-order valence-electron chi connectivity index (χ1n) is 7.86. The van der Waals surface area contributed by atoms with E-state index in [0.717, 1.165) is 6.54 Å². The Labute approximate surface area is 153 Å². The number of pyridine rings is 1. The Kier molecular flexibility index (Phi) is 5.24. The highest BCUT2D eigenvalue weighted by Crippen LogP contribution is 2.26. The van der Waals surface area contributed by atoms with Crippen molar-refractivity contribution in [3.63, 3.8) is 0 Å². The molecule has 1 atom stereocenters. The molecule has 2 heterocycles. The van der Waals surface area contributed by atoms with Gasteiger partial charge in [-0.25, -0.2) is 4.98 Å². The molecule has 3 rings (SSSR count). The van der Waals surface area contributed by atoms with Crippen LogP contribution in [-0.2, 0) is 0 Å². The average Bonchev–Trinajstić information content (AvgIpc) is 3.02. The van der Waals surface area contributed by atoms with Crippen LogP contribution < -0.4 is 15.0 Å². The molecule has 1 aromatic heterocycles. The summed E-state index contributed by atoms with van der Waals surface area (Å²) >= 11 is 4.69. The number of rotatable bonds is 5. The van der Waals surface area contributed by atoms with Crippen LogP contribution in [-0.4, -0.2) is 40.8 Å². The third kappa shape index (κ3) is 4.80. The highest BCUT2D eigenvalue weighted by Gasteiger charge is 2.27. The predicted octanol–water partition coefficient (Wildman–Crippen LogP) is 3.07. The van der Waals surface area contributed by atoms with Crippen LogP contribution in [0.2, 0.25) is 0 Å². The van der Waals surface area contributed by atoms with Crippen molar-refractivity contribution in [2.24, 2.45) is 0 Å². The molecule has 1 aromatic carbocycles. The number of halogens is 3. The van der Waals surface area contributed by atoms with Gasteiger partial charge in [0.15, 0.2) is 0 Å². The summed E-state index contributed by atoms with van der Waals surface area (Å²) in [7, 11) is 0. The summed E-state index contributed by atoms with van der Waals surface area (Å²) < 4.78 is 29.3. The van der Waals surface area contributed by atoms with Crippen LogP contribution in [0, 0.1) is 0 Å². The summed E-state index contributed by atoms with van der Waals surface area (Å²) in [5.74, 6) is 0.185. The fourth-order valence-electron chi connectivity index (χ4n) is 2.60. The van der Waals surface area contributed by atoms with Gasteiger partial charge in [-0.2, -0.15) is 0 Å². The molecule has 0 radical (unpaired) electrons. The van der Waals surface area contributed by atoms with E-state index in [4.69, 9.17) is 11.6 Å². The zero-order valence-corrected chi connectivity index (χ0v) is 14.3. The Balaban J connectivity index is 1.61. The van der Waals surface area contributed by atoms with Gasteiger partial charge in [-0.1, -0.05) is 0 Å². The first-order valence-corrected chi connectivity index (χ1v) is 8.24. The van der Waals surface area contributed by atoms with E-state index in [9.17, 15) is 18.7 Å². The number of anilines is 2. The summed E-state index contributed by atoms with van der Waals surface area (Å²) in [5.41, 5.74) is -3.03. The second-order valence-corrected chi connectivity index (χ2v) is 6.26. The fraction of sp³-hybridized carbons (Fsp3) is 0.294. The molecule has 0 spiro atoms. The van der Waals surface area contributed by atoms with Gasteiger partial charge in [0.05, 0.1) is 11.7 Å². The van der Waals surface area contributed by atoms with Crippen LogP contribution in [0.25, 0.3) is 0 Å². The Morgan fingerprint density at radius 2 is 2.04 bits per heavy atom. The van der Waals surface area contributed by atoms with E-state index in [-0.39, 0.29) is 17.8 Å². The normalized spacial score (nSPS) is 17.2. The predicted molar refractivity (Wildman–Crippen MR) is 92.9 cm³/mol. The third-order valence-electron chi connectivity index (χ3n) is 3.84. The Bertz CT molecular complexity index is 766. The van der Waals surface area contributed by atoms with Crippen molar-refractivity contribution < 1.29 is 23.4 Å². The molecule has 2 aromatic rings. The maximum atomic E-state index is 12.6. The molecule has 1 aliphatic rings. The summed E-state index contributed by atoms with van der Waals surface area (Å²) in [6.45, 7) is 1.24. The second-order valence-electron chi connectivity index (χ2n) is 5.82. The van der Waals surface area contributed by atoms with Gasteiger partial charge in [-0.15, -0.1) is 8.78 Å². The topological polar surface area (TPSA) is 74.7 Å². The van der Waals surface area contributed by atoms with Gasteiger partial charge < -0.3 is 20.1 Å². The lowest BCUT2D eigenvalue weighted by Gasteiger charge is -2.16. The number of nitrogens with zero attached hydrogens (tertiary/aromatic N) is 2. The van der Waals surface area contributed by atoms with Crippen molar-refractivity contribution in [1.29, 1.82) is 0 Å². The molecule has 6 nitrogen and oxygen atoms in total. The van der Waals surface area contributed by atoms with Gasteiger partial charge in [0.1, 0.15) is 11.6 Å². The molecule has 26 heavy (non-hydrogen) atoms. The molecule has 0 bridgehead atoms. The molecule has 1 fully saturated rings. The second kappa shape index (κ2) is 7.43. The van der Waals surface area contributed by atoms with Crippen molar-refractivity contribution in [3.8, 4) is 5.75 Å². The van der Waals surface area contributed by atoms with Crippen molar-refractivity contribution in [2.45, 2.75) is 18.1 Å². The fourth-order valence-corrected chi connectivity index (χ4v) is 2.69. The molecule has 1 aliphatic heterocycles. The minimum absolute atomic E-state index is 0.123. The van der Waals surface area contributed by atoms with E-state index in [0.29, 0.717) is 30.0 Å². The van der Waals surface area contributed by atoms with Crippen LogP contribution in [0.3, 0.4) is 0 Å². The Morgan fingerprint density at radius 1 is 1.31 bits per heavy atom. The van der Waals surface area contributed by atoms with Gasteiger partial charge >= 0.3 is 5.57 Å². The number of carbonyl (C=O) groups is 1. The third-order valence-corrected chi connectivity index (χ3v) is 3.92. The summed E-state index contributed by atoms with van der Waals surface area (Å²) in [5, 5.41) is 12.2. The van der Waals surface area contributed by atoms with Crippen molar-refractivity contribution in [2.75, 3.05) is 23.3 Å². The standard InChI is InChI=1S/C17H16ClF2N3O3/c18-17(19,20)26-14-4-2-12(3-5-14)22-16(25)11-1-6-15(21-9-11)23-8-7-13(24)10-23/h1-6,9,13,24H,7-8,10H2,(H,22,25). The molecule has 0 saturated carbocycles. The van der Waals surface area contributed by atoms with E-state index < -0.39 is 5.57 Å². The number of aliphatic hydroxyl groups is 1. The average molecular weight is 384 g/mol. The van der Waals surface area contributed by atoms with Gasteiger partial charge in [-0.05, 0) is 42.8 Å². The number of carbonyl (C=O) groups excluding carboxylic acids is 1. The van der Waals surface area contributed by atoms with Gasteiger partial charge in [0, 0.05) is 36.6 Å². The molecule has 0 aliphatic carbocycles. The molecule has 2 N–H and O–H groups in total. The van der Waals surface area contributed by atoms with Crippen LogP contribution in [0.5, 0.6) is 5.75 Å². The first kappa shape index (κ1) is 18.3. The van der Waals surface area contributed by atoms with Gasteiger partial charge in [-0.3, -0.25) is 4.79 Å². The van der Waals surface area contributed by atoms with Crippen LogP contribution in [0.1, 0.15) is 16.8 Å². The monoisotopic (exact) mass is 383 g/mol. The van der Waals surface area contributed by atoms with Crippen molar-refractivity contribution >= 4 is 29.0 Å². The van der Waals surface area contributed by atoms with E-state index in [1.54, 1.807) is 12.1 Å². The van der Waals surface area contributed by atoms with Crippen molar-refractivity contribution in [3.05, 3.63) is 48.2 Å². The van der Waals surface area contributed by atoms with E-state index >= 15 is 0 Å². The highest BCUT2D eigenvalue weighted by atomic mass is 35.5. The molecule has 9 heteroatoms. The summed E-state index contributed by atoms with van der Waals surface area (Å²) in [6.07, 6.45) is 1.78. The number of aromatic nitrogens is 1. The van der Waals surface area contributed by atoms with E-state index in [1.807, 2.05) is 4.90 Å². The number of β-amino-alcohol motifs (C(OH)–C–C–N with tert-alkyl or cyclic N) is 1. The molecule has 1 saturated heterocycles. The number of alkyl halides is 3. The number of benzene rings is 1. The lowest BCUT2D eigenvalue weighted by atomic mass is 10.2. The smallest absolute Gasteiger partial charge is 0.420 e. The minimum Gasteiger partial charge on any atom is -0.420 e. The molecule has 1 unspecified atom stereocenters. The number of nitrogens with one attached hydrogen (secondary N) is 1. The van der Waals surface area contributed by atoms with E-state index in [2.05, 4.69) is 15.0 Å². The lowest BCUT2D eigenvalue weighted by molar-refractivity contribution is -0.0964. The zero-order valence-electron chi connectivity index (χ0n) is 13.5. The number of aliphatic hydroxyl groups excluding tert-OH is 1. The van der Waals surface area contributed by atoms with E-state index in [1.165, 1.54) is 30.5 Å². The molecular weight excluding hydrogens is 368 g/mol. The number of amides is 1. The summed E-state index contributed by atoms with van der Waals surface area (Å²) in [6, 6.07) is 8.73. The largest absolute Gasteiger partial charge is 0.487 e.